The van der Waals surface area contributed by atoms with E-state index < -0.39 is 0 Å². The highest BCUT2D eigenvalue weighted by atomic mass is 32.1. The zero-order valence-electron chi connectivity index (χ0n) is 10.3. The van der Waals surface area contributed by atoms with Gasteiger partial charge in [0.15, 0.2) is 9.54 Å². The van der Waals surface area contributed by atoms with Gasteiger partial charge in [0.25, 0.3) is 0 Å². The molecule has 0 atom stereocenters. The molecule has 104 valence electrons. The highest BCUT2D eigenvalue weighted by Gasteiger charge is 2.03. The van der Waals surface area contributed by atoms with Gasteiger partial charge in [-0.2, -0.15) is 0 Å². The molecule has 0 aliphatic carbocycles. The van der Waals surface area contributed by atoms with Crippen LogP contribution >= 0.6 is 24.4 Å². The molecule has 19 heavy (non-hydrogen) atoms. The van der Waals surface area contributed by atoms with Crippen molar-refractivity contribution >= 4 is 24.4 Å². The van der Waals surface area contributed by atoms with Gasteiger partial charge in [-0.05, 0) is 24.4 Å². The van der Waals surface area contributed by atoms with Crippen LogP contribution in [0.3, 0.4) is 0 Å². The Balaban J connectivity index is 2.22. The van der Waals surface area contributed by atoms with Crippen LogP contribution in [0.2, 0.25) is 0 Å². The summed E-state index contributed by atoms with van der Waals surface area (Å²) in [6, 6.07) is 0. The van der Waals surface area contributed by atoms with Gasteiger partial charge >= 0.3 is 0 Å². The number of imidazole rings is 2. The Labute approximate surface area is 120 Å². The van der Waals surface area contributed by atoms with Crippen molar-refractivity contribution in [3.63, 3.8) is 0 Å². The molecule has 0 saturated carbocycles. The van der Waals surface area contributed by atoms with Crippen molar-refractivity contribution in [2.45, 2.75) is 19.8 Å². The van der Waals surface area contributed by atoms with Gasteiger partial charge < -0.3 is 28.5 Å². The van der Waals surface area contributed by atoms with Gasteiger partial charge in [-0.1, -0.05) is 0 Å². The zero-order valence-corrected chi connectivity index (χ0v) is 12.0. The molecule has 0 aliphatic heterocycles. The molecule has 0 radical (unpaired) electrons. The maximum absolute atomic E-state index is 8.92. The molecule has 2 aromatic rings. The third kappa shape index (κ3) is 3.03. The second-order valence-electron chi connectivity index (χ2n) is 4.08. The topological polar surface area (TPSA) is 60.2 Å². The number of nitrogens with zero attached hydrogens (tertiary/aromatic N) is 4. The smallest absolute Gasteiger partial charge is 0.181 e. The minimum absolute atomic E-state index is 0.0601. The fourth-order valence-electron chi connectivity index (χ4n) is 1.84. The van der Waals surface area contributed by atoms with Gasteiger partial charge in [-0.3, -0.25) is 0 Å². The second-order valence-corrected chi connectivity index (χ2v) is 4.81. The third-order valence-electron chi connectivity index (χ3n) is 2.82. The first kappa shape index (κ1) is 14.2. The first-order valence-electron chi connectivity index (χ1n) is 5.90. The van der Waals surface area contributed by atoms with E-state index in [4.69, 9.17) is 34.6 Å². The minimum Gasteiger partial charge on any atom is -0.395 e. The summed E-state index contributed by atoms with van der Waals surface area (Å²) in [6.07, 6.45) is 7.41. The van der Waals surface area contributed by atoms with Crippen LogP contribution < -0.4 is 0 Å². The van der Waals surface area contributed by atoms with E-state index in [1.54, 1.807) is 0 Å². The Morgan fingerprint density at radius 2 is 1.11 bits per heavy atom. The summed E-state index contributed by atoms with van der Waals surface area (Å²) in [5.41, 5.74) is 0. The zero-order chi connectivity index (χ0) is 13.8. The summed E-state index contributed by atoms with van der Waals surface area (Å²) in [5, 5.41) is 17.8. The van der Waals surface area contributed by atoms with Crippen LogP contribution in [0.5, 0.6) is 0 Å². The van der Waals surface area contributed by atoms with Crippen LogP contribution in [-0.2, 0) is 19.8 Å². The van der Waals surface area contributed by atoms with Gasteiger partial charge in [0.2, 0.25) is 0 Å². The molecule has 0 spiro atoms. The Morgan fingerprint density at radius 3 is 1.47 bits per heavy atom. The van der Waals surface area contributed by atoms with Gasteiger partial charge in [0.05, 0.1) is 13.2 Å². The first-order chi connectivity index (χ1) is 9.17. The predicted octanol–water partition coefficient (Wildman–Crippen LogP) is 0.842. The van der Waals surface area contributed by atoms with Crippen molar-refractivity contribution in [2.75, 3.05) is 13.2 Å². The van der Waals surface area contributed by atoms with Crippen LogP contribution in [0.25, 0.3) is 0 Å². The number of aliphatic hydroxyl groups is 2. The van der Waals surface area contributed by atoms with Crippen molar-refractivity contribution in [2.24, 2.45) is 0 Å². The monoisotopic (exact) mass is 300 g/mol. The lowest BCUT2D eigenvalue weighted by Crippen LogP contribution is -2.10. The first-order valence-corrected chi connectivity index (χ1v) is 6.72. The van der Waals surface area contributed by atoms with Gasteiger partial charge in [-0.25, -0.2) is 0 Å². The number of hydrogen-bond donors (Lipinski definition) is 2. The van der Waals surface area contributed by atoms with Crippen LogP contribution in [-0.4, -0.2) is 41.7 Å². The van der Waals surface area contributed by atoms with E-state index in [1.165, 1.54) is 0 Å². The molecule has 0 unspecified atom stereocenters. The summed E-state index contributed by atoms with van der Waals surface area (Å²) in [6.45, 7) is 1.62. The number of hydrogen-bond acceptors (Lipinski definition) is 4. The number of aliphatic hydroxyl groups excluding tert-OH is 2. The molecule has 2 rings (SSSR count). The molecule has 0 fully saturated rings. The Hall–Kier alpha value is -1.22. The average molecular weight is 300 g/mol. The molecule has 6 nitrogen and oxygen atoms in total. The summed E-state index contributed by atoms with van der Waals surface area (Å²) < 4.78 is 8.67. The molecule has 2 heterocycles. The van der Waals surface area contributed by atoms with Gasteiger partial charge in [0, 0.05) is 37.9 Å². The highest BCUT2D eigenvalue weighted by Crippen LogP contribution is 2.02. The van der Waals surface area contributed by atoms with E-state index in [-0.39, 0.29) is 13.2 Å². The maximum Gasteiger partial charge on any atom is 0.181 e. The van der Waals surface area contributed by atoms with Crippen molar-refractivity contribution in [3.05, 3.63) is 34.3 Å². The summed E-state index contributed by atoms with van der Waals surface area (Å²) in [4.78, 5) is 0. The fraction of sp³-hybridized carbons (Fsp3) is 0.455. The summed E-state index contributed by atoms with van der Waals surface area (Å²) >= 11 is 10.6. The van der Waals surface area contributed by atoms with Crippen molar-refractivity contribution in [3.8, 4) is 0 Å². The normalized spacial score (nSPS) is 11.1. The Bertz CT molecular complexity index is 596. The molecule has 0 saturated heterocycles. The highest BCUT2D eigenvalue weighted by molar-refractivity contribution is 7.71. The van der Waals surface area contributed by atoms with E-state index in [1.807, 2.05) is 43.1 Å². The molecular weight excluding hydrogens is 284 g/mol. The largest absolute Gasteiger partial charge is 0.395 e. The molecule has 8 heteroatoms. The van der Waals surface area contributed by atoms with Crippen molar-refractivity contribution in [1.29, 1.82) is 0 Å². The van der Waals surface area contributed by atoms with E-state index >= 15 is 0 Å². The fourth-order valence-corrected chi connectivity index (χ4v) is 2.38. The quantitative estimate of drug-likeness (QED) is 0.776. The molecule has 2 aromatic heterocycles. The Morgan fingerprint density at radius 1 is 0.737 bits per heavy atom. The predicted molar refractivity (Wildman–Crippen MR) is 76.1 cm³/mol. The Kier molecular flexibility index (Phi) is 4.70. The third-order valence-corrected chi connectivity index (χ3v) is 3.76. The van der Waals surface area contributed by atoms with Crippen LogP contribution in [0, 0.1) is 9.54 Å². The van der Waals surface area contributed by atoms with Gasteiger partial charge in [0.1, 0.15) is 6.67 Å². The van der Waals surface area contributed by atoms with E-state index in [9.17, 15) is 0 Å². The molecule has 0 amide bonds. The van der Waals surface area contributed by atoms with E-state index in [0.29, 0.717) is 29.3 Å². The van der Waals surface area contributed by atoms with Crippen LogP contribution in [0.4, 0.5) is 0 Å². The molecule has 0 aliphatic rings. The van der Waals surface area contributed by atoms with Crippen LogP contribution in [0.1, 0.15) is 0 Å². The van der Waals surface area contributed by atoms with Crippen molar-refractivity contribution in [1.82, 2.24) is 18.3 Å². The van der Waals surface area contributed by atoms with E-state index in [2.05, 4.69) is 0 Å². The standard InChI is InChI=1S/C11H16N4O2S2/c16-7-5-12-1-3-14(10(12)18)9-15-4-2-13(6-8-17)11(15)19/h1-4,16-17H,5-9H2. The molecule has 0 aromatic carbocycles. The lowest BCUT2D eigenvalue weighted by atomic mass is 10.7. The number of aromatic nitrogens is 4. The summed E-state index contributed by atoms with van der Waals surface area (Å²) in [5.74, 6) is 0. The van der Waals surface area contributed by atoms with E-state index in [0.717, 1.165) is 0 Å². The SMILES string of the molecule is OCCn1ccn(Cn2ccn(CCO)c2=S)c1=S. The minimum atomic E-state index is 0.0601. The average Bonchev–Trinajstić information content (AvgIpc) is 2.90. The number of rotatable bonds is 6. The maximum atomic E-state index is 8.92. The van der Waals surface area contributed by atoms with Gasteiger partial charge in [-0.15, -0.1) is 0 Å². The lowest BCUT2D eigenvalue weighted by Gasteiger charge is -2.05. The van der Waals surface area contributed by atoms with Crippen molar-refractivity contribution < 1.29 is 10.2 Å². The van der Waals surface area contributed by atoms with Crippen LogP contribution in [0.15, 0.2) is 24.8 Å². The molecular formula is C11H16N4O2S2. The molecule has 2 N–H and O–H groups in total. The molecule has 0 bridgehead atoms. The second kappa shape index (κ2) is 6.29. The summed E-state index contributed by atoms with van der Waals surface area (Å²) in [7, 11) is 0. The lowest BCUT2D eigenvalue weighted by molar-refractivity contribution is 0.274.